The van der Waals surface area contributed by atoms with Gasteiger partial charge in [-0.2, -0.15) is 0 Å². The topological polar surface area (TPSA) is 66.4 Å². The van der Waals surface area contributed by atoms with E-state index in [1.165, 1.54) is 5.56 Å². The maximum Gasteiger partial charge on any atom is 0.243 e. The van der Waals surface area contributed by atoms with Gasteiger partial charge in [0.25, 0.3) is 0 Å². The van der Waals surface area contributed by atoms with Crippen molar-refractivity contribution >= 4 is 11.9 Å². The highest BCUT2D eigenvalue weighted by atomic mass is 16.5. The summed E-state index contributed by atoms with van der Waals surface area (Å²) in [5.41, 5.74) is 1.29. The van der Waals surface area contributed by atoms with Crippen molar-refractivity contribution in [2.45, 2.75) is 44.3 Å². The zero-order valence-corrected chi connectivity index (χ0v) is 18.4. The Hall–Kier alpha value is -2.12. The van der Waals surface area contributed by atoms with E-state index in [1.807, 2.05) is 6.07 Å². The van der Waals surface area contributed by atoms with Crippen molar-refractivity contribution in [3.63, 3.8) is 0 Å². The fourth-order valence-corrected chi connectivity index (χ4v) is 3.77. The highest BCUT2D eigenvalue weighted by Crippen LogP contribution is 2.18. The number of hydrogen-bond donors (Lipinski definition) is 1. The van der Waals surface area contributed by atoms with E-state index in [0.29, 0.717) is 6.61 Å². The van der Waals surface area contributed by atoms with Crippen molar-refractivity contribution in [3.05, 3.63) is 35.9 Å². The van der Waals surface area contributed by atoms with Gasteiger partial charge in [-0.3, -0.25) is 4.79 Å². The molecule has 2 saturated heterocycles. The first kappa shape index (κ1) is 22.6. The lowest BCUT2D eigenvalue weighted by atomic mass is 10.1. The van der Waals surface area contributed by atoms with Crippen LogP contribution in [0.1, 0.15) is 31.2 Å². The second kappa shape index (κ2) is 11.9. The molecule has 1 unspecified atom stereocenters. The van der Waals surface area contributed by atoms with Gasteiger partial charge in [-0.25, -0.2) is 4.99 Å². The van der Waals surface area contributed by atoms with Gasteiger partial charge in [0.2, 0.25) is 5.91 Å². The quantitative estimate of drug-likeness (QED) is 0.518. The van der Waals surface area contributed by atoms with E-state index >= 15 is 0 Å². The molecule has 30 heavy (non-hydrogen) atoms. The number of aliphatic imine (C=N–C) groups is 1. The minimum absolute atomic E-state index is 0.00661. The average Bonchev–Trinajstić information content (AvgIpc) is 3.29. The van der Waals surface area contributed by atoms with Gasteiger partial charge in [0.15, 0.2) is 5.96 Å². The summed E-state index contributed by atoms with van der Waals surface area (Å²) in [7, 11) is 3.52. The molecule has 1 atom stereocenters. The SMILES string of the molecule is CN(C)C(=O)CN=C(NCCc1ccccc1)N1CCC(OCC2CCCO2)CC1. The van der Waals surface area contributed by atoms with Crippen LogP contribution in [0, 0.1) is 0 Å². The van der Waals surface area contributed by atoms with Crippen LogP contribution in [0.3, 0.4) is 0 Å². The van der Waals surface area contributed by atoms with E-state index in [-0.39, 0.29) is 24.7 Å². The Morgan fingerprint density at radius 3 is 2.67 bits per heavy atom. The number of benzene rings is 1. The maximum absolute atomic E-state index is 12.0. The fraction of sp³-hybridized carbons (Fsp3) is 0.652. The van der Waals surface area contributed by atoms with Gasteiger partial charge >= 0.3 is 0 Å². The van der Waals surface area contributed by atoms with Crippen LogP contribution in [0.2, 0.25) is 0 Å². The number of ether oxygens (including phenoxy) is 2. The summed E-state index contributed by atoms with van der Waals surface area (Å²) < 4.78 is 11.7. The number of guanidine groups is 1. The molecule has 0 spiro atoms. The molecule has 1 amide bonds. The Bertz CT molecular complexity index is 666. The van der Waals surface area contributed by atoms with E-state index in [0.717, 1.165) is 64.3 Å². The van der Waals surface area contributed by atoms with E-state index in [1.54, 1.807) is 19.0 Å². The van der Waals surface area contributed by atoms with E-state index in [2.05, 4.69) is 39.5 Å². The van der Waals surface area contributed by atoms with Crippen molar-refractivity contribution in [2.75, 3.05) is 53.5 Å². The van der Waals surface area contributed by atoms with E-state index in [4.69, 9.17) is 9.47 Å². The maximum atomic E-state index is 12.0. The molecule has 166 valence electrons. The van der Waals surface area contributed by atoms with Gasteiger partial charge < -0.3 is 24.6 Å². The molecule has 1 N–H and O–H groups in total. The second-order valence-electron chi connectivity index (χ2n) is 8.25. The number of carbonyl (C=O) groups excluding carboxylic acids is 1. The predicted molar refractivity (Wildman–Crippen MR) is 119 cm³/mol. The monoisotopic (exact) mass is 416 g/mol. The van der Waals surface area contributed by atoms with Crippen LogP contribution < -0.4 is 5.32 Å². The Morgan fingerprint density at radius 1 is 1.23 bits per heavy atom. The van der Waals surface area contributed by atoms with Crippen molar-refractivity contribution in [1.29, 1.82) is 0 Å². The molecular formula is C23H36N4O3. The first-order valence-electron chi connectivity index (χ1n) is 11.1. The van der Waals surface area contributed by atoms with Crippen molar-refractivity contribution in [2.24, 2.45) is 4.99 Å². The number of carbonyl (C=O) groups is 1. The summed E-state index contributed by atoms with van der Waals surface area (Å²) in [6.45, 7) is 4.28. The molecule has 0 radical (unpaired) electrons. The fourth-order valence-electron chi connectivity index (χ4n) is 3.77. The minimum Gasteiger partial charge on any atom is -0.376 e. The van der Waals surface area contributed by atoms with Crippen molar-refractivity contribution in [3.8, 4) is 0 Å². The lowest BCUT2D eigenvalue weighted by molar-refractivity contribution is -0.127. The van der Waals surface area contributed by atoms with Gasteiger partial charge in [-0.05, 0) is 37.7 Å². The van der Waals surface area contributed by atoms with Gasteiger partial charge in [-0.15, -0.1) is 0 Å². The molecular weight excluding hydrogens is 380 g/mol. The Morgan fingerprint density at radius 2 is 2.00 bits per heavy atom. The minimum atomic E-state index is 0.00661. The van der Waals surface area contributed by atoms with Crippen LogP contribution in [-0.2, 0) is 20.7 Å². The molecule has 2 aliphatic heterocycles. The van der Waals surface area contributed by atoms with Gasteiger partial charge in [0, 0.05) is 40.3 Å². The lowest BCUT2D eigenvalue weighted by Gasteiger charge is -2.34. The number of nitrogens with one attached hydrogen (secondary N) is 1. The summed E-state index contributed by atoms with van der Waals surface area (Å²) in [4.78, 5) is 20.5. The number of amides is 1. The predicted octanol–water partition coefficient (Wildman–Crippen LogP) is 1.92. The van der Waals surface area contributed by atoms with Crippen LogP contribution in [0.4, 0.5) is 0 Å². The summed E-state index contributed by atoms with van der Waals surface area (Å²) >= 11 is 0. The highest BCUT2D eigenvalue weighted by Gasteiger charge is 2.24. The third-order valence-electron chi connectivity index (χ3n) is 5.69. The zero-order valence-electron chi connectivity index (χ0n) is 18.4. The van der Waals surface area contributed by atoms with Crippen LogP contribution in [0.15, 0.2) is 35.3 Å². The van der Waals surface area contributed by atoms with Crippen molar-refractivity contribution < 1.29 is 14.3 Å². The number of hydrogen-bond acceptors (Lipinski definition) is 4. The molecule has 2 aliphatic rings. The Balaban J connectivity index is 1.49. The number of piperidine rings is 1. The lowest BCUT2D eigenvalue weighted by Crippen LogP contribution is -2.48. The highest BCUT2D eigenvalue weighted by molar-refractivity contribution is 5.84. The molecule has 0 saturated carbocycles. The van der Waals surface area contributed by atoms with Gasteiger partial charge in [0.1, 0.15) is 6.54 Å². The third kappa shape index (κ3) is 7.29. The van der Waals surface area contributed by atoms with Gasteiger partial charge in [0.05, 0.1) is 18.8 Å². The molecule has 1 aromatic carbocycles. The smallest absolute Gasteiger partial charge is 0.243 e. The molecule has 2 heterocycles. The summed E-state index contributed by atoms with van der Waals surface area (Å²) in [6.07, 6.45) is 5.66. The molecule has 7 heteroatoms. The third-order valence-corrected chi connectivity index (χ3v) is 5.69. The summed E-state index contributed by atoms with van der Waals surface area (Å²) in [5.74, 6) is 0.825. The van der Waals surface area contributed by atoms with Crippen molar-refractivity contribution in [1.82, 2.24) is 15.1 Å². The largest absolute Gasteiger partial charge is 0.376 e. The number of likely N-dealkylation sites (N-methyl/N-ethyl adjacent to an activating group) is 1. The summed E-state index contributed by atoms with van der Waals surface area (Å²) in [6, 6.07) is 10.4. The normalized spacial score (nSPS) is 20.4. The van der Waals surface area contributed by atoms with Gasteiger partial charge in [-0.1, -0.05) is 30.3 Å². The molecule has 0 aromatic heterocycles. The van der Waals surface area contributed by atoms with Crippen LogP contribution >= 0.6 is 0 Å². The summed E-state index contributed by atoms with van der Waals surface area (Å²) in [5, 5.41) is 3.47. The number of rotatable bonds is 8. The second-order valence-corrected chi connectivity index (χ2v) is 8.25. The zero-order chi connectivity index (χ0) is 21.2. The molecule has 3 rings (SSSR count). The first-order valence-corrected chi connectivity index (χ1v) is 11.1. The molecule has 0 bridgehead atoms. The van der Waals surface area contributed by atoms with Crippen LogP contribution in [0.5, 0.6) is 0 Å². The van der Waals surface area contributed by atoms with E-state index < -0.39 is 0 Å². The standard InChI is InChI=1S/C23H36N4O3/c1-26(2)22(28)17-25-23(24-13-10-19-7-4-3-5-8-19)27-14-11-20(12-15-27)30-18-21-9-6-16-29-21/h3-5,7-8,20-21H,6,9-18H2,1-2H3,(H,24,25). The first-order chi connectivity index (χ1) is 14.6. The Kier molecular flexibility index (Phi) is 8.96. The Labute approximate surface area is 180 Å². The van der Waals surface area contributed by atoms with Crippen LogP contribution in [0.25, 0.3) is 0 Å². The molecule has 7 nitrogen and oxygen atoms in total. The van der Waals surface area contributed by atoms with E-state index in [9.17, 15) is 4.79 Å². The molecule has 2 fully saturated rings. The average molecular weight is 417 g/mol. The van der Waals surface area contributed by atoms with Crippen LogP contribution in [-0.4, -0.2) is 87.4 Å². The number of nitrogens with zero attached hydrogens (tertiary/aromatic N) is 3. The molecule has 0 aliphatic carbocycles. The molecule has 1 aromatic rings. The number of likely N-dealkylation sites (tertiary alicyclic amines) is 1.